The Balaban J connectivity index is 1.55. The van der Waals surface area contributed by atoms with Gasteiger partial charge in [-0.2, -0.15) is 5.10 Å². The Labute approximate surface area is 146 Å². The summed E-state index contributed by atoms with van der Waals surface area (Å²) in [6.45, 7) is 1.79. The lowest BCUT2D eigenvalue weighted by Gasteiger charge is -2.12. The van der Waals surface area contributed by atoms with Crippen molar-refractivity contribution in [3.05, 3.63) is 47.0 Å². The topological polar surface area (TPSA) is 73.1 Å². The molecule has 0 saturated heterocycles. The summed E-state index contributed by atoms with van der Waals surface area (Å²) >= 11 is 1.48. The van der Waals surface area contributed by atoms with Crippen molar-refractivity contribution in [3.8, 4) is 11.6 Å². The van der Waals surface area contributed by atoms with Crippen LogP contribution >= 0.6 is 11.3 Å². The van der Waals surface area contributed by atoms with Gasteiger partial charge in [-0.25, -0.2) is 19.0 Å². The second-order valence-corrected chi connectivity index (χ2v) is 6.66. The molecule has 3 aromatic rings. The van der Waals surface area contributed by atoms with Gasteiger partial charge in [0, 0.05) is 17.8 Å². The molecule has 0 aliphatic carbocycles. The highest BCUT2D eigenvalue weighted by atomic mass is 32.1. The number of fused-ring (bicyclic) bond motifs is 1. The second-order valence-electron chi connectivity index (χ2n) is 5.45. The van der Waals surface area contributed by atoms with Gasteiger partial charge >= 0.3 is 0 Å². The van der Waals surface area contributed by atoms with Gasteiger partial charge in [-0.15, -0.1) is 11.3 Å². The third-order valence-electron chi connectivity index (χ3n) is 3.75. The lowest BCUT2D eigenvalue weighted by atomic mass is 10.3. The maximum atomic E-state index is 12.6. The normalized spacial score (nSPS) is 13.4. The lowest BCUT2D eigenvalue weighted by Crippen LogP contribution is -2.23. The number of thiazole rings is 1. The molecule has 0 bridgehead atoms. The number of hydrogen-bond acceptors (Lipinski definition) is 6. The van der Waals surface area contributed by atoms with E-state index < -0.39 is 6.67 Å². The van der Waals surface area contributed by atoms with Crippen molar-refractivity contribution in [1.82, 2.24) is 19.7 Å². The Morgan fingerprint density at radius 2 is 2.20 bits per heavy atom. The van der Waals surface area contributed by atoms with Crippen LogP contribution in [0.15, 0.2) is 30.7 Å². The van der Waals surface area contributed by atoms with Crippen LogP contribution in [0, 0.1) is 6.92 Å². The minimum atomic E-state index is -0.562. The number of aryl methyl sites for hydroxylation is 1. The summed E-state index contributed by atoms with van der Waals surface area (Å²) in [5.74, 6) is 0.220. The van der Waals surface area contributed by atoms with Gasteiger partial charge in [0.25, 0.3) is 5.91 Å². The molecule has 1 amide bonds. The van der Waals surface area contributed by atoms with Crippen molar-refractivity contribution in [2.45, 2.75) is 13.5 Å². The van der Waals surface area contributed by atoms with E-state index >= 15 is 0 Å². The predicted octanol–water partition coefficient (Wildman–Crippen LogP) is 2.54. The Kier molecular flexibility index (Phi) is 3.92. The van der Waals surface area contributed by atoms with Gasteiger partial charge in [0.15, 0.2) is 5.69 Å². The third kappa shape index (κ3) is 2.86. The van der Waals surface area contributed by atoms with Crippen molar-refractivity contribution in [1.29, 1.82) is 0 Å². The molecule has 0 fully saturated rings. The van der Waals surface area contributed by atoms with Crippen LogP contribution in [0.3, 0.4) is 0 Å². The molecule has 9 heteroatoms. The van der Waals surface area contributed by atoms with Gasteiger partial charge in [-0.3, -0.25) is 9.69 Å². The number of ether oxygens (including phenoxy) is 1. The molecule has 0 atom stereocenters. The zero-order valence-corrected chi connectivity index (χ0v) is 14.2. The summed E-state index contributed by atoms with van der Waals surface area (Å²) in [7, 11) is 0. The fourth-order valence-corrected chi connectivity index (χ4v) is 3.37. The molecule has 0 N–H and O–H groups in total. The summed E-state index contributed by atoms with van der Waals surface area (Å²) < 4.78 is 18.8. The van der Waals surface area contributed by atoms with Crippen LogP contribution in [0.5, 0.6) is 5.88 Å². The molecule has 128 valence electrons. The van der Waals surface area contributed by atoms with Crippen LogP contribution in [-0.4, -0.2) is 38.9 Å². The van der Waals surface area contributed by atoms with E-state index in [1.165, 1.54) is 11.3 Å². The molecular formula is C16H14FN5O2S. The molecule has 4 heterocycles. The van der Waals surface area contributed by atoms with Crippen LogP contribution in [0.1, 0.15) is 21.1 Å². The first kappa shape index (κ1) is 15.7. The number of rotatable bonds is 5. The Morgan fingerprint density at radius 3 is 2.84 bits per heavy atom. The standard InChI is InChI=1S/C16H14FN5O2S/c1-10-18-7-14(25-10)21-8-11-9-22(20-15(11)16(21)23)12-2-3-13(19-6-12)24-5-4-17/h2-3,6-7,9H,4-5,8H2,1H3. The van der Waals surface area contributed by atoms with E-state index in [0.29, 0.717) is 23.8 Å². The zero-order chi connectivity index (χ0) is 17.4. The molecule has 0 unspecified atom stereocenters. The van der Waals surface area contributed by atoms with E-state index in [1.54, 1.807) is 34.1 Å². The highest BCUT2D eigenvalue weighted by Crippen LogP contribution is 2.31. The first-order valence-corrected chi connectivity index (χ1v) is 8.45. The number of carbonyl (C=O) groups excluding carboxylic acids is 1. The summed E-state index contributed by atoms with van der Waals surface area (Å²) in [5.41, 5.74) is 1.99. The SMILES string of the molecule is Cc1ncc(N2Cc3cn(-c4ccc(OCCF)nc4)nc3C2=O)s1. The number of alkyl halides is 1. The van der Waals surface area contributed by atoms with Gasteiger partial charge in [0.05, 0.1) is 29.6 Å². The predicted molar refractivity (Wildman–Crippen MR) is 90.2 cm³/mol. The highest BCUT2D eigenvalue weighted by Gasteiger charge is 2.33. The monoisotopic (exact) mass is 359 g/mol. The smallest absolute Gasteiger partial charge is 0.280 e. The first-order chi connectivity index (χ1) is 12.2. The molecule has 0 aromatic carbocycles. The molecule has 3 aromatic heterocycles. The number of pyridine rings is 1. The molecule has 0 saturated carbocycles. The van der Waals surface area contributed by atoms with Crippen LogP contribution < -0.4 is 9.64 Å². The highest BCUT2D eigenvalue weighted by molar-refractivity contribution is 7.15. The quantitative estimate of drug-likeness (QED) is 0.700. The fraction of sp³-hybridized carbons (Fsp3) is 0.250. The van der Waals surface area contributed by atoms with Crippen molar-refractivity contribution in [3.63, 3.8) is 0 Å². The van der Waals surface area contributed by atoms with Crippen molar-refractivity contribution >= 4 is 22.2 Å². The molecule has 1 aliphatic rings. The third-order valence-corrected chi connectivity index (χ3v) is 4.69. The van der Waals surface area contributed by atoms with Gasteiger partial charge < -0.3 is 4.74 Å². The maximum absolute atomic E-state index is 12.6. The van der Waals surface area contributed by atoms with Gasteiger partial charge in [0.2, 0.25) is 5.88 Å². The number of aromatic nitrogens is 4. The summed E-state index contributed by atoms with van der Waals surface area (Å²) in [6, 6.07) is 3.41. The average Bonchev–Trinajstić information content (AvgIpc) is 3.30. The van der Waals surface area contributed by atoms with Gasteiger partial charge in [-0.05, 0) is 13.0 Å². The van der Waals surface area contributed by atoms with E-state index in [4.69, 9.17) is 4.74 Å². The summed E-state index contributed by atoms with van der Waals surface area (Å²) in [4.78, 5) is 22.6. The lowest BCUT2D eigenvalue weighted by molar-refractivity contribution is 0.0992. The van der Waals surface area contributed by atoms with Crippen molar-refractivity contribution in [2.75, 3.05) is 18.2 Å². The molecule has 0 spiro atoms. The number of halogens is 1. The number of carbonyl (C=O) groups is 1. The van der Waals surface area contributed by atoms with E-state index in [0.717, 1.165) is 15.6 Å². The zero-order valence-electron chi connectivity index (χ0n) is 13.3. The summed E-state index contributed by atoms with van der Waals surface area (Å²) in [6.07, 6.45) is 5.10. The molecule has 25 heavy (non-hydrogen) atoms. The maximum Gasteiger partial charge on any atom is 0.280 e. The minimum absolute atomic E-state index is 0.0240. The number of nitrogens with zero attached hydrogens (tertiary/aromatic N) is 5. The van der Waals surface area contributed by atoms with Crippen LogP contribution in [0.25, 0.3) is 5.69 Å². The molecular weight excluding hydrogens is 345 g/mol. The number of hydrogen-bond donors (Lipinski definition) is 0. The van der Waals surface area contributed by atoms with Gasteiger partial charge in [0.1, 0.15) is 18.3 Å². The Bertz CT molecular complexity index is 921. The van der Waals surface area contributed by atoms with E-state index in [9.17, 15) is 9.18 Å². The Morgan fingerprint density at radius 1 is 1.32 bits per heavy atom. The second kappa shape index (κ2) is 6.25. The minimum Gasteiger partial charge on any atom is -0.475 e. The fourth-order valence-electron chi connectivity index (χ4n) is 2.60. The summed E-state index contributed by atoms with van der Waals surface area (Å²) in [5, 5.41) is 6.12. The number of amides is 1. The first-order valence-electron chi connectivity index (χ1n) is 7.64. The largest absolute Gasteiger partial charge is 0.475 e. The Hall–Kier alpha value is -2.81. The average molecular weight is 359 g/mol. The van der Waals surface area contributed by atoms with Gasteiger partial charge in [-0.1, -0.05) is 0 Å². The van der Waals surface area contributed by atoms with Crippen LogP contribution in [0.2, 0.25) is 0 Å². The van der Waals surface area contributed by atoms with Crippen LogP contribution in [0.4, 0.5) is 9.39 Å². The molecule has 4 rings (SSSR count). The van der Waals surface area contributed by atoms with Crippen molar-refractivity contribution in [2.24, 2.45) is 0 Å². The van der Waals surface area contributed by atoms with Crippen molar-refractivity contribution < 1.29 is 13.9 Å². The molecule has 1 aliphatic heterocycles. The van der Waals surface area contributed by atoms with E-state index in [-0.39, 0.29) is 12.5 Å². The van der Waals surface area contributed by atoms with Crippen LogP contribution in [-0.2, 0) is 6.54 Å². The number of anilines is 1. The van der Waals surface area contributed by atoms with E-state index in [2.05, 4.69) is 15.1 Å². The van der Waals surface area contributed by atoms with E-state index in [1.807, 2.05) is 13.1 Å². The molecule has 7 nitrogen and oxygen atoms in total. The molecule has 0 radical (unpaired) electrons.